The summed E-state index contributed by atoms with van der Waals surface area (Å²) in [6.07, 6.45) is 6.45. The van der Waals surface area contributed by atoms with Gasteiger partial charge in [-0.1, -0.05) is 12.2 Å². The van der Waals surface area contributed by atoms with E-state index in [0.29, 0.717) is 18.4 Å². The highest BCUT2D eigenvalue weighted by molar-refractivity contribution is 5.74. The van der Waals surface area contributed by atoms with Crippen LogP contribution >= 0.6 is 0 Å². The molecule has 2 aliphatic rings. The standard InChI is InChI=1S/C13H20O3/c1-4-15-13(2,3)16-12(14)11-8-9-5-6-10(11)7-9/h5-6,9-11H,4,7-8H2,1-3H3. The molecule has 3 unspecified atom stereocenters. The van der Waals surface area contributed by atoms with Gasteiger partial charge >= 0.3 is 5.97 Å². The molecule has 0 N–H and O–H groups in total. The van der Waals surface area contributed by atoms with Gasteiger partial charge in [0, 0.05) is 20.5 Å². The Labute approximate surface area is 96.8 Å². The second-order valence-electron chi connectivity index (χ2n) is 5.14. The summed E-state index contributed by atoms with van der Waals surface area (Å²) in [5.41, 5.74) is 0. The van der Waals surface area contributed by atoms with Crippen LogP contribution in [0.4, 0.5) is 0 Å². The van der Waals surface area contributed by atoms with Crippen LogP contribution in [0.5, 0.6) is 0 Å². The highest BCUT2D eigenvalue weighted by Gasteiger charge is 2.42. The zero-order valence-electron chi connectivity index (χ0n) is 10.2. The number of allylic oxidation sites excluding steroid dienone is 2. The molecule has 0 aliphatic heterocycles. The topological polar surface area (TPSA) is 35.5 Å². The molecule has 3 heteroatoms. The molecule has 1 fully saturated rings. The normalized spacial score (nSPS) is 32.1. The fourth-order valence-electron chi connectivity index (χ4n) is 2.75. The van der Waals surface area contributed by atoms with Crippen molar-refractivity contribution >= 4 is 5.97 Å². The fraction of sp³-hybridized carbons (Fsp3) is 0.769. The van der Waals surface area contributed by atoms with Crippen LogP contribution in [0.3, 0.4) is 0 Å². The number of carbonyl (C=O) groups excluding carboxylic acids is 1. The van der Waals surface area contributed by atoms with Gasteiger partial charge in [-0.2, -0.15) is 0 Å². The maximum Gasteiger partial charge on any atom is 0.312 e. The number of hydrogen-bond donors (Lipinski definition) is 0. The molecule has 0 aromatic rings. The van der Waals surface area contributed by atoms with Gasteiger partial charge in [0.15, 0.2) is 0 Å². The van der Waals surface area contributed by atoms with E-state index < -0.39 is 5.79 Å². The van der Waals surface area contributed by atoms with Gasteiger partial charge in [0.25, 0.3) is 0 Å². The van der Waals surface area contributed by atoms with Crippen LogP contribution in [0.15, 0.2) is 12.2 Å². The fourth-order valence-corrected chi connectivity index (χ4v) is 2.75. The van der Waals surface area contributed by atoms with E-state index in [4.69, 9.17) is 9.47 Å². The molecule has 2 rings (SSSR count). The highest BCUT2D eigenvalue weighted by atomic mass is 16.7. The summed E-state index contributed by atoms with van der Waals surface area (Å²) in [7, 11) is 0. The second kappa shape index (κ2) is 4.21. The van der Waals surface area contributed by atoms with Gasteiger partial charge in [-0.25, -0.2) is 0 Å². The van der Waals surface area contributed by atoms with E-state index in [0.717, 1.165) is 12.8 Å². The van der Waals surface area contributed by atoms with Crippen LogP contribution in [0.2, 0.25) is 0 Å². The maximum absolute atomic E-state index is 12.0. The lowest BCUT2D eigenvalue weighted by atomic mass is 9.94. The first-order valence-corrected chi connectivity index (χ1v) is 6.07. The number of esters is 1. The minimum absolute atomic E-state index is 0.0507. The third-order valence-corrected chi connectivity index (χ3v) is 3.42. The number of rotatable bonds is 4. The van der Waals surface area contributed by atoms with Crippen molar-refractivity contribution < 1.29 is 14.3 Å². The summed E-state index contributed by atoms with van der Waals surface area (Å²) in [4.78, 5) is 12.0. The lowest BCUT2D eigenvalue weighted by Crippen LogP contribution is -2.35. The van der Waals surface area contributed by atoms with Gasteiger partial charge in [0.05, 0.1) is 5.92 Å². The Kier molecular flexibility index (Phi) is 3.06. The summed E-state index contributed by atoms with van der Waals surface area (Å²) >= 11 is 0. The molecule has 0 aromatic heterocycles. The Balaban J connectivity index is 1.91. The average molecular weight is 224 g/mol. The largest absolute Gasteiger partial charge is 0.433 e. The molecule has 3 nitrogen and oxygen atoms in total. The van der Waals surface area contributed by atoms with Gasteiger partial charge in [-0.15, -0.1) is 0 Å². The predicted octanol–water partition coefficient (Wildman–Crippen LogP) is 2.51. The summed E-state index contributed by atoms with van der Waals surface area (Å²) in [5.74, 6) is 0.148. The molecule has 90 valence electrons. The molecule has 2 aliphatic carbocycles. The van der Waals surface area contributed by atoms with Gasteiger partial charge in [0.1, 0.15) is 0 Å². The number of fused-ring (bicyclic) bond motifs is 2. The lowest BCUT2D eigenvalue weighted by Gasteiger charge is -2.27. The minimum Gasteiger partial charge on any atom is -0.433 e. The van der Waals surface area contributed by atoms with E-state index in [-0.39, 0.29) is 11.9 Å². The highest BCUT2D eigenvalue weighted by Crippen LogP contribution is 2.44. The molecule has 1 saturated carbocycles. The van der Waals surface area contributed by atoms with Crippen molar-refractivity contribution in [2.24, 2.45) is 17.8 Å². The van der Waals surface area contributed by atoms with Crippen molar-refractivity contribution in [2.45, 2.75) is 39.4 Å². The first-order chi connectivity index (χ1) is 7.52. The van der Waals surface area contributed by atoms with Crippen LogP contribution in [0, 0.1) is 17.8 Å². The van der Waals surface area contributed by atoms with Crippen molar-refractivity contribution in [2.75, 3.05) is 6.61 Å². The van der Waals surface area contributed by atoms with Gasteiger partial charge < -0.3 is 9.47 Å². The molecular formula is C13H20O3. The van der Waals surface area contributed by atoms with E-state index in [9.17, 15) is 4.79 Å². The molecule has 0 amide bonds. The quantitative estimate of drug-likeness (QED) is 0.418. The number of carbonyl (C=O) groups is 1. The van der Waals surface area contributed by atoms with Crippen molar-refractivity contribution in [1.29, 1.82) is 0 Å². The molecule has 2 bridgehead atoms. The summed E-state index contributed by atoms with van der Waals surface area (Å²) in [5, 5.41) is 0. The first-order valence-electron chi connectivity index (χ1n) is 6.07. The predicted molar refractivity (Wildman–Crippen MR) is 60.6 cm³/mol. The Morgan fingerprint density at radius 1 is 1.38 bits per heavy atom. The van der Waals surface area contributed by atoms with Crippen LogP contribution in [0.1, 0.15) is 33.6 Å². The SMILES string of the molecule is CCOC(C)(C)OC(=O)C1CC2C=CC1C2. The van der Waals surface area contributed by atoms with Crippen LogP contribution in [0.25, 0.3) is 0 Å². The molecule has 0 saturated heterocycles. The zero-order valence-corrected chi connectivity index (χ0v) is 10.2. The van der Waals surface area contributed by atoms with Crippen molar-refractivity contribution in [3.05, 3.63) is 12.2 Å². The van der Waals surface area contributed by atoms with Gasteiger partial charge in [0.2, 0.25) is 5.79 Å². The van der Waals surface area contributed by atoms with E-state index in [1.54, 1.807) is 13.8 Å². The van der Waals surface area contributed by atoms with Gasteiger partial charge in [-0.05, 0) is 31.6 Å². The Bertz CT molecular complexity index is 306. The smallest absolute Gasteiger partial charge is 0.312 e. The van der Waals surface area contributed by atoms with E-state index in [1.165, 1.54) is 0 Å². The van der Waals surface area contributed by atoms with E-state index in [1.807, 2.05) is 6.92 Å². The summed E-state index contributed by atoms with van der Waals surface area (Å²) < 4.78 is 10.8. The summed E-state index contributed by atoms with van der Waals surface area (Å²) in [6, 6.07) is 0. The van der Waals surface area contributed by atoms with Crippen molar-refractivity contribution in [1.82, 2.24) is 0 Å². The van der Waals surface area contributed by atoms with Gasteiger partial charge in [-0.3, -0.25) is 4.79 Å². The monoisotopic (exact) mass is 224 g/mol. The number of hydrogen-bond acceptors (Lipinski definition) is 3. The number of ether oxygens (including phenoxy) is 2. The van der Waals surface area contributed by atoms with Crippen LogP contribution < -0.4 is 0 Å². The second-order valence-corrected chi connectivity index (χ2v) is 5.14. The zero-order chi connectivity index (χ0) is 11.8. The molecular weight excluding hydrogens is 204 g/mol. The molecule has 0 radical (unpaired) electrons. The first kappa shape index (κ1) is 11.6. The van der Waals surface area contributed by atoms with Crippen LogP contribution in [-0.4, -0.2) is 18.4 Å². The molecule has 3 atom stereocenters. The third-order valence-electron chi connectivity index (χ3n) is 3.42. The molecule has 0 aromatic carbocycles. The van der Waals surface area contributed by atoms with E-state index >= 15 is 0 Å². The lowest BCUT2D eigenvalue weighted by molar-refractivity contribution is -0.218. The Morgan fingerprint density at radius 3 is 2.62 bits per heavy atom. The van der Waals surface area contributed by atoms with E-state index in [2.05, 4.69) is 12.2 Å². The Hall–Kier alpha value is -0.830. The molecule has 0 heterocycles. The molecule has 0 spiro atoms. The van der Waals surface area contributed by atoms with Crippen molar-refractivity contribution in [3.8, 4) is 0 Å². The van der Waals surface area contributed by atoms with Crippen molar-refractivity contribution in [3.63, 3.8) is 0 Å². The summed E-state index contributed by atoms with van der Waals surface area (Å²) in [6.45, 7) is 6.03. The minimum atomic E-state index is -0.794. The van der Waals surface area contributed by atoms with Crippen LogP contribution in [-0.2, 0) is 14.3 Å². The third kappa shape index (κ3) is 2.29. The molecule has 16 heavy (non-hydrogen) atoms. The Morgan fingerprint density at radius 2 is 2.12 bits per heavy atom. The average Bonchev–Trinajstić information content (AvgIpc) is 2.77. The maximum atomic E-state index is 12.0.